The third kappa shape index (κ3) is 4.03. The number of carboxylic acids is 1. The maximum Gasteiger partial charge on any atom is 0.407 e. The van der Waals surface area contributed by atoms with E-state index in [-0.39, 0.29) is 19.1 Å². The number of fused-ring (bicyclic) bond motifs is 3. The van der Waals surface area contributed by atoms with Crippen molar-refractivity contribution in [3.63, 3.8) is 0 Å². The van der Waals surface area contributed by atoms with Gasteiger partial charge in [0.25, 0.3) is 5.91 Å². The first kappa shape index (κ1) is 22.4. The lowest BCUT2D eigenvalue weighted by molar-refractivity contribution is -0.154. The second-order valence-corrected chi connectivity index (χ2v) is 9.31. The fourth-order valence-electron chi connectivity index (χ4n) is 5.21. The average molecular weight is 465 g/mol. The summed E-state index contributed by atoms with van der Waals surface area (Å²) in [6.07, 6.45) is 0.952. The summed E-state index contributed by atoms with van der Waals surface area (Å²) >= 11 is 0. The average Bonchev–Trinajstić information content (AvgIpc) is 3.39. The van der Waals surface area contributed by atoms with Gasteiger partial charge in [-0.2, -0.15) is 0 Å². The normalized spacial score (nSPS) is 22.2. The number of ether oxygens (including phenoxy) is 2. The number of rotatable bonds is 7. The Hall–Kier alpha value is -3.39. The molecule has 1 aliphatic heterocycles. The molecule has 2 amide bonds. The van der Waals surface area contributed by atoms with Crippen LogP contribution in [0, 0.1) is 5.41 Å². The van der Waals surface area contributed by atoms with E-state index in [0.29, 0.717) is 25.9 Å². The van der Waals surface area contributed by atoms with Crippen molar-refractivity contribution in [1.82, 2.24) is 10.6 Å². The molecule has 0 bridgehead atoms. The second kappa shape index (κ2) is 9.10. The minimum atomic E-state index is -0.889. The first-order chi connectivity index (χ1) is 16.5. The molecule has 2 fully saturated rings. The Morgan fingerprint density at radius 1 is 1.03 bits per heavy atom. The van der Waals surface area contributed by atoms with Crippen LogP contribution in [0.2, 0.25) is 0 Å². The summed E-state index contributed by atoms with van der Waals surface area (Å²) < 4.78 is 11.1. The Bertz CT molecular complexity index is 1070. The summed E-state index contributed by atoms with van der Waals surface area (Å²) in [5.41, 5.74) is 3.67. The van der Waals surface area contributed by atoms with Crippen LogP contribution in [-0.2, 0) is 19.1 Å². The fourth-order valence-corrected chi connectivity index (χ4v) is 5.21. The number of amides is 2. The third-order valence-corrected chi connectivity index (χ3v) is 7.36. The number of alkyl carbamates (subject to hydrolysis) is 1. The predicted molar refractivity (Wildman–Crippen MR) is 123 cm³/mol. The van der Waals surface area contributed by atoms with Crippen molar-refractivity contribution in [2.45, 2.75) is 43.7 Å². The van der Waals surface area contributed by atoms with Gasteiger partial charge in [-0.1, -0.05) is 55.0 Å². The van der Waals surface area contributed by atoms with Crippen LogP contribution in [0.5, 0.6) is 0 Å². The van der Waals surface area contributed by atoms with Crippen LogP contribution in [0.25, 0.3) is 11.1 Å². The first-order valence-corrected chi connectivity index (χ1v) is 11.7. The molecule has 2 aromatic carbocycles. The number of nitrogens with one attached hydrogen (secondary N) is 2. The Balaban J connectivity index is 1.17. The number of carboxylic acid groups (broad SMARTS) is 1. The lowest BCUT2D eigenvalue weighted by Gasteiger charge is -2.37. The van der Waals surface area contributed by atoms with Gasteiger partial charge in [0.05, 0.1) is 11.5 Å². The van der Waals surface area contributed by atoms with Crippen molar-refractivity contribution in [2.75, 3.05) is 19.8 Å². The topological polar surface area (TPSA) is 114 Å². The van der Waals surface area contributed by atoms with Gasteiger partial charge < -0.3 is 25.2 Å². The Kier molecular flexibility index (Phi) is 6.00. The van der Waals surface area contributed by atoms with E-state index in [4.69, 9.17) is 9.47 Å². The highest BCUT2D eigenvalue weighted by atomic mass is 16.6. The van der Waals surface area contributed by atoms with E-state index in [9.17, 15) is 19.5 Å². The van der Waals surface area contributed by atoms with Gasteiger partial charge in [-0.25, -0.2) is 4.79 Å². The molecule has 1 saturated heterocycles. The smallest absolute Gasteiger partial charge is 0.407 e. The summed E-state index contributed by atoms with van der Waals surface area (Å²) in [7, 11) is 0. The van der Waals surface area contributed by atoms with Crippen molar-refractivity contribution in [3.8, 4) is 11.1 Å². The van der Waals surface area contributed by atoms with Crippen LogP contribution in [0.1, 0.15) is 42.7 Å². The van der Waals surface area contributed by atoms with E-state index in [1.165, 1.54) is 0 Å². The van der Waals surface area contributed by atoms with Gasteiger partial charge in [0.2, 0.25) is 0 Å². The molecule has 8 heteroatoms. The number of carbonyl (C=O) groups is 3. The molecule has 0 aromatic heterocycles. The number of aliphatic carboxylic acids is 1. The molecule has 0 unspecified atom stereocenters. The van der Waals surface area contributed by atoms with Gasteiger partial charge in [-0.3, -0.25) is 9.59 Å². The zero-order chi connectivity index (χ0) is 23.7. The summed E-state index contributed by atoms with van der Waals surface area (Å²) in [6.45, 7) is 0.584. The maximum absolute atomic E-state index is 12.7. The fraction of sp³-hybridized carbons (Fsp3) is 0.423. The van der Waals surface area contributed by atoms with E-state index < -0.39 is 35.5 Å². The highest BCUT2D eigenvalue weighted by molar-refractivity contribution is 5.84. The van der Waals surface area contributed by atoms with E-state index in [0.717, 1.165) is 28.7 Å². The van der Waals surface area contributed by atoms with Gasteiger partial charge in [-0.05, 0) is 41.5 Å². The van der Waals surface area contributed by atoms with Gasteiger partial charge in [0.1, 0.15) is 6.61 Å². The molecule has 178 valence electrons. The molecule has 34 heavy (non-hydrogen) atoms. The molecule has 0 spiro atoms. The SMILES string of the molecule is O=C(N[C@@H]1CCO[C@@H]1C(=O)NCC1(C(=O)O)CCC1)OCC1c2ccccc2-c2ccccc21. The number of hydrogen-bond acceptors (Lipinski definition) is 5. The zero-order valence-corrected chi connectivity index (χ0v) is 18.8. The Labute approximate surface area is 197 Å². The second-order valence-electron chi connectivity index (χ2n) is 9.31. The first-order valence-electron chi connectivity index (χ1n) is 11.7. The standard InChI is InChI=1S/C26H28N2O6/c29-23(27-15-26(24(30)31)11-5-12-26)22-21(10-13-33-22)28-25(32)34-14-20-18-8-3-1-6-16(18)17-7-2-4-9-19(17)20/h1-4,6-9,20-22H,5,10-15H2,(H,27,29)(H,28,32)(H,30,31)/t21-,22+/m1/s1. The predicted octanol–water partition coefficient (Wildman–Crippen LogP) is 3.05. The van der Waals surface area contributed by atoms with Gasteiger partial charge >= 0.3 is 12.1 Å². The molecular formula is C26H28N2O6. The molecule has 5 rings (SSSR count). The Morgan fingerprint density at radius 3 is 2.26 bits per heavy atom. The van der Waals surface area contributed by atoms with E-state index in [1.807, 2.05) is 24.3 Å². The molecule has 0 radical (unpaired) electrons. The monoisotopic (exact) mass is 464 g/mol. The summed E-state index contributed by atoms with van der Waals surface area (Å²) in [5, 5.41) is 14.9. The van der Waals surface area contributed by atoms with Crippen molar-refractivity contribution in [3.05, 3.63) is 59.7 Å². The highest BCUT2D eigenvalue weighted by Crippen LogP contribution is 2.44. The minimum Gasteiger partial charge on any atom is -0.481 e. The summed E-state index contributed by atoms with van der Waals surface area (Å²) in [6, 6.07) is 15.7. The Morgan fingerprint density at radius 2 is 1.68 bits per heavy atom. The van der Waals surface area contributed by atoms with E-state index in [2.05, 4.69) is 34.9 Å². The van der Waals surface area contributed by atoms with Gasteiger partial charge in [0, 0.05) is 19.1 Å². The van der Waals surface area contributed by atoms with Crippen LogP contribution < -0.4 is 10.6 Å². The van der Waals surface area contributed by atoms with Crippen LogP contribution >= 0.6 is 0 Å². The minimum absolute atomic E-state index is 0.0493. The highest BCUT2D eigenvalue weighted by Gasteiger charge is 2.45. The van der Waals surface area contributed by atoms with Crippen molar-refractivity contribution in [1.29, 1.82) is 0 Å². The van der Waals surface area contributed by atoms with Crippen molar-refractivity contribution in [2.24, 2.45) is 5.41 Å². The third-order valence-electron chi connectivity index (χ3n) is 7.36. The van der Waals surface area contributed by atoms with Crippen LogP contribution in [0.4, 0.5) is 4.79 Å². The van der Waals surface area contributed by atoms with Gasteiger partial charge in [0.15, 0.2) is 6.10 Å². The van der Waals surface area contributed by atoms with Gasteiger partial charge in [-0.15, -0.1) is 0 Å². The van der Waals surface area contributed by atoms with Crippen LogP contribution in [0.15, 0.2) is 48.5 Å². The number of benzene rings is 2. The quantitative estimate of drug-likeness (QED) is 0.580. The molecule has 2 aliphatic carbocycles. The lowest BCUT2D eigenvalue weighted by Crippen LogP contribution is -2.53. The summed E-state index contributed by atoms with van der Waals surface area (Å²) in [4.78, 5) is 36.8. The largest absolute Gasteiger partial charge is 0.481 e. The molecule has 2 aromatic rings. The van der Waals surface area contributed by atoms with Crippen molar-refractivity contribution < 1.29 is 29.0 Å². The lowest BCUT2D eigenvalue weighted by atomic mass is 9.69. The molecular weight excluding hydrogens is 436 g/mol. The van der Waals surface area contributed by atoms with E-state index in [1.54, 1.807) is 0 Å². The van der Waals surface area contributed by atoms with Crippen molar-refractivity contribution >= 4 is 18.0 Å². The van der Waals surface area contributed by atoms with E-state index >= 15 is 0 Å². The molecule has 1 heterocycles. The molecule has 1 saturated carbocycles. The van der Waals surface area contributed by atoms with Crippen LogP contribution in [-0.4, -0.2) is 55.0 Å². The maximum atomic E-state index is 12.7. The number of carbonyl (C=O) groups excluding carboxylic acids is 2. The molecule has 3 N–H and O–H groups in total. The number of hydrogen-bond donors (Lipinski definition) is 3. The molecule has 2 atom stereocenters. The summed E-state index contributed by atoms with van der Waals surface area (Å²) in [5.74, 6) is -1.35. The van der Waals surface area contributed by atoms with Crippen LogP contribution in [0.3, 0.4) is 0 Å². The molecule has 3 aliphatic rings. The zero-order valence-electron chi connectivity index (χ0n) is 18.8. The molecule has 8 nitrogen and oxygen atoms in total.